The molecule has 3 nitrogen and oxygen atoms in total. The van der Waals surface area contributed by atoms with E-state index in [1.807, 2.05) is 19.1 Å². The third kappa shape index (κ3) is 5.20. The van der Waals surface area contributed by atoms with E-state index in [4.69, 9.17) is 9.47 Å². The Labute approximate surface area is 102 Å². The highest BCUT2D eigenvalue weighted by molar-refractivity contribution is 5.71. The third-order valence-electron chi connectivity index (χ3n) is 2.23. The third-order valence-corrected chi connectivity index (χ3v) is 2.23. The van der Waals surface area contributed by atoms with Crippen molar-refractivity contribution in [3.05, 3.63) is 36.4 Å². The van der Waals surface area contributed by atoms with Gasteiger partial charge in [-0.15, -0.1) is 0 Å². The average molecular weight is 234 g/mol. The first kappa shape index (κ1) is 13.3. The molecule has 1 aromatic rings. The van der Waals surface area contributed by atoms with Crippen LogP contribution in [-0.2, 0) is 9.53 Å². The van der Waals surface area contributed by atoms with Gasteiger partial charge < -0.3 is 9.47 Å². The number of benzene rings is 1. The van der Waals surface area contributed by atoms with E-state index >= 15 is 0 Å². The van der Waals surface area contributed by atoms with Crippen LogP contribution in [0.1, 0.15) is 25.3 Å². The number of carbonyl (C=O) groups is 1. The smallest absolute Gasteiger partial charge is 0.344 e. The summed E-state index contributed by atoms with van der Waals surface area (Å²) in [6, 6.07) is 7.36. The second-order valence-corrected chi connectivity index (χ2v) is 3.64. The van der Waals surface area contributed by atoms with Gasteiger partial charge in [-0.05, 0) is 24.1 Å². The molecule has 0 saturated carbocycles. The molecule has 0 saturated heterocycles. The maximum atomic E-state index is 11.3. The monoisotopic (exact) mass is 234 g/mol. The van der Waals surface area contributed by atoms with Gasteiger partial charge in [0.1, 0.15) is 5.75 Å². The highest BCUT2D eigenvalue weighted by Gasteiger charge is 2.03. The lowest BCUT2D eigenvalue weighted by Gasteiger charge is -2.06. The summed E-state index contributed by atoms with van der Waals surface area (Å²) in [7, 11) is 0. The first-order valence-electron chi connectivity index (χ1n) is 5.77. The summed E-state index contributed by atoms with van der Waals surface area (Å²) in [6.45, 7) is 6.13. The standard InChI is InChI=1S/C14H18O3/c1-3-5-10-16-14(15)11-17-13-8-6-12(4-2)7-9-13/h4,6-9H,2-3,5,10-11H2,1H3. The molecule has 0 amide bonds. The van der Waals surface area contributed by atoms with Crippen LogP contribution < -0.4 is 4.74 Å². The Balaban J connectivity index is 2.29. The summed E-state index contributed by atoms with van der Waals surface area (Å²) >= 11 is 0. The highest BCUT2D eigenvalue weighted by atomic mass is 16.6. The largest absolute Gasteiger partial charge is 0.482 e. The van der Waals surface area contributed by atoms with Crippen molar-refractivity contribution in [2.24, 2.45) is 0 Å². The molecule has 0 radical (unpaired) electrons. The lowest BCUT2D eigenvalue weighted by atomic mass is 10.2. The molecule has 0 fully saturated rings. The van der Waals surface area contributed by atoms with Crippen LogP contribution in [0, 0.1) is 0 Å². The molecule has 17 heavy (non-hydrogen) atoms. The van der Waals surface area contributed by atoms with Gasteiger partial charge in [-0.3, -0.25) is 0 Å². The van der Waals surface area contributed by atoms with Crippen molar-refractivity contribution in [1.82, 2.24) is 0 Å². The Morgan fingerprint density at radius 3 is 2.65 bits per heavy atom. The molecule has 0 atom stereocenters. The van der Waals surface area contributed by atoms with Gasteiger partial charge in [-0.2, -0.15) is 0 Å². The predicted octanol–water partition coefficient (Wildman–Crippen LogP) is 3.05. The summed E-state index contributed by atoms with van der Waals surface area (Å²) in [6.07, 6.45) is 3.65. The fourth-order valence-electron chi connectivity index (χ4n) is 1.21. The molecule has 0 N–H and O–H groups in total. The van der Waals surface area contributed by atoms with Crippen LogP contribution in [0.2, 0.25) is 0 Å². The van der Waals surface area contributed by atoms with Crippen LogP contribution in [0.15, 0.2) is 30.8 Å². The maximum Gasteiger partial charge on any atom is 0.344 e. The molecule has 92 valence electrons. The van der Waals surface area contributed by atoms with E-state index in [2.05, 4.69) is 6.58 Å². The van der Waals surface area contributed by atoms with Gasteiger partial charge >= 0.3 is 5.97 Å². The molecule has 1 rings (SSSR count). The van der Waals surface area contributed by atoms with Gasteiger partial charge in [0.05, 0.1) is 6.61 Å². The molecule has 1 aromatic carbocycles. The molecule has 0 aliphatic carbocycles. The Morgan fingerprint density at radius 1 is 1.35 bits per heavy atom. The van der Waals surface area contributed by atoms with Gasteiger partial charge in [0, 0.05) is 0 Å². The summed E-state index contributed by atoms with van der Waals surface area (Å²) in [5, 5.41) is 0. The minimum Gasteiger partial charge on any atom is -0.482 e. The van der Waals surface area contributed by atoms with Gasteiger partial charge in [-0.1, -0.05) is 38.1 Å². The number of carbonyl (C=O) groups excluding carboxylic acids is 1. The summed E-state index contributed by atoms with van der Waals surface area (Å²) < 4.78 is 10.3. The number of hydrogen-bond acceptors (Lipinski definition) is 3. The molecular weight excluding hydrogens is 216 g/mol. The van der Waals surface area contributed by atoms with Crippen LogP contribution in [0.3, 0.4) is 0 Å². The maximum absolute atomic E-state index is 11.3. The van der Waals surface area contributed by atoms with Crippen LogP contribution in [-0.4, -0.2) is 19.2 Å². The number of esters is 1. The Morgan fingerprint density at radius 2 is 2.06 bits per heavy atom. The minimum absolute atomic E-state index is 0.0445. The van der Waals surface area contributed by atoms with Crippen LogP contribution in [0.5, 0.6) is 5.75 Å². The Hall–Kier alpha value is -1.77. The number of unbranched alkanes of at least 4 members (excludes halogenated alkanes) is 1. The zero-order valence-electron chi connectivity index (χ0n) is 10.1. The lowest BCUT2D eigenvalue weighted by molar-refractivity contribution is -0.146. The van der Waals surface area contributed by atoms with Gasteiger partial charge in [-0.25, -0.2) is 4.79 Å². The van der Waals surface area contributed by atoms with Crippen molar-refractivity contribution < 1.29 is 14.3 Å². The van der Waals surface area contributed by atoms with Crippen molar-refractivity contribution in [2.75, 3.05) is 13.2 Å². The van der Waals surface area contributed by atoms with Gasteiger partial charge in [0.2, 0.25) is 0 Å². The number of hydrogen-bond donors (Lipinski definition) is 0. The first-order chi connectivity index (χ1) is 8.26. The van der Waals surface area contributed by atoms with Gasteiger partial charge in [0.25, 0.3) is 0 Å². The van der Waals surface area contributed by atoms with Crippen molar-refractivity contribution in [1.29, 1.82) is 0 Å². The molecule has 0 aromatic heterocycles. The SMILES string of the molecule is C=Cc1ccc(OCC(=O)OCCCC)cc1. The average Bonchev–Trinajstić information content (AvgIpc) is 2.37. The Kier molecular flexibility index (Phi) is 5.86. The molecule has 0 spiro atoms. The summed E-state index contributed by atoms with van der Waals surface area (Å²) in [4.78, 5) is 11.3. The van der Waals surface area contributed by atoms with Crippen LogP contribution in [0.4, 0.5) is 0 Å². The quantitative estimate of drug-likeness (QED) is 0.537. The number of rotatable bonds is 7. The Bertz CT molecular complexity index is 354. The van der Waals surface area contributed by atoms with Crippen molar-refractivity contribution in [3.8, 4) is 5.75 Å². The molecule has 0 bridgehead atoms. The van der Waals surface area contributed by atoms with E-state index in [1.165, 1.54) is 0 Å². The zero-order valence-corrected chi connectivity index (χ0v) is 10.1. The first-order valence-corrected chi connectivity index (χ1v) is 5.77. The second kappa shape index (κ2) is 7.49. The molecule has 0 aliphatic heterocycles. The molecule has 0 unspecified atom stereocenters. The van der Waals surface area contributed by atoms with Crippen molar-refractivity contribution in [3.63, 3.8) is 0 Å². The fraction of sp³-hybridized carbons (Fsp3) is 0.357. The molecule has 0 heterocycles. The predicted molar refractivity (Wildman–Crippen MR) is 67.9 cm³/mol. The highest BCUT2D eigenvalue weighted by Crippen LogP contribution is 2.12. The summed E-state index contributed by atoms with van der Waals surface area (Å²) in [5.41, 5.74) is 1.02. The second-order valence-electron chi connectivity index (χ2n) is 3.64. The molecular formula is C14H18O3. The lowest BCUT2D eigenvalue weighted by Crippen LogP contribution is -2.15. The van der Waals surface area contributed by atoms with Crippen LogP contribution in [0.25, 0.3) is 6.08 Å². The van der Waals surface area contributed by atoms with E-state index in [-0.39, 0.29) is 12.6 Å². The fourth-order valence-corrected chi connectivity index (χ4v) is 1.21. The number of ether oxygens (including phenoxy) is 2. The van der Waals surface area contributed by atoms with E-state index < -0.39 is 0 Å². The van der Waals surface area contributed by atoms with Gasteiger partial charge in [0.15, 0.2) is 6.61 Å². The molecule has 0 aliphatic rings. The van der Waals surface area contributed by atoms with E-state index in [0.29, 0.717) is 12.4 Å². The topological polar surface area (TPSA) is 35.5 Å². The minimum atomic E-state index is -0.328. The van der Waals surface area contributed by atoms with E-state index in [9.17, 15) is 4.79 Å². The normalized spacial score (nSPS) is 9.71. The zero-order chi connectivity index (χ0) is 12.5. The van der Waals surface area contributed by atoms with E-state index in [1.54, 1.807) is 18.2 Å². The van der Waals surface area contributed by atoms with Crippen molar-refractivity contribution in [2.45, 2.75) is 19.8 Å². The summed E-state index contributed by atoms with van der Waals surface area (Å²) in [5.74, 6) is 0.328. The van der Waals surface area contributed by atoms with Crippen molar-refractivity contribution >= 4 is 12.0 Å². The van der Waals surface area contributed by atoms with E-state index in [0.717, 1.165) is 18.4 Å². The van der Waals surface area contributed by atoms with Crippen LogP contribution >= 0.6 is 0 Å². The molecule has 3 heteroatoms.